The number of aliphatic imine (C=N–C) groups is 2. The van der Waals surface area contributed by atoms with Crippen molar-refractivity contribution in [3.63, 3.8) is 0 Å². The number of hydrogen-bond donors (Lipinski definition) is 2. The van der Waals surface area contributed by atoms with Crippen LogP contribution >= 0.6 is 0 Å². The molecule has 184 valence electrons. The zero-order valence-electron chi connectivity index (χ0n) is 19.1. The van der Waals surface area contributed by atoms with Gasteiger partial charge < -0.3 is 30.0 Å². The van der Waals surface area contributed by atoms with Gasteiger partial charge in [-0.15, -0.1) is 0 Å². The third-order valence-electron chi connectivity index (χ3n) is 6.83. The molecule has 1 aromatic carbocycles. The minimum atomic E-state index is -3.00. The van der Waals surface area contributed by atoms with Gasteiger partial charge in [0.1, 0.15) is 35.0 Å². The lowest BCUT2D eigenvalue weighted by molar-refractivity contribution is -0.247. The number of alkyl halides is 2. The van der Waals surface area contributed by atoms with Crippen LogP contribution in [-0.2, 0) is 24.5 Å². The molecular formula is C24H24F2N4O5. The van der Waals surface area contributed by atoms with Gasteiger partial charge in [0.05, 0.1) is 24.8 Å². The van der Waals surface area contributed by atoms with Crippen LogP contribution in [0.4, 0.5) is 14.5 Å². The summed E-state index contributed by atoms with van der Waals surface area (Å²) in [6, 6.07) is 5.33. The first-order valence-electron chi connectivity index (χ1n) is 10.9. The standard InChI is InChI=1S/C24H24F2N4O5/c1-22(2)23(11-32-12-23)24(13-33-21(27)30-24)16-9-14(7-8-18(16)35-22)29-19(31)17-6-4-3-5-15(10-28-17)34-20(25)26/h3-10,20H,11-13H2,1-2H3,(H2,27,30)(H,29,31)/b4-3+,5-3?,6-4?,15-5-,15-10?,17-6-,28-10-,28-17?. The van der Waals surface area contributed by atoms with Gasteiger partial charge in [-0.3, -0.25) is 4.79 Å². The number of halogens is 2. The summed E-state index contributed by atoms with van der Waals surface area (Å²) >= 11 is 0. The molecule has 11 heteroatoms. The number of hydrogen-bond acceptors (Lipinski definition) is 8. The van der Waals surface area contributed by atoms with E-state index in [1.54, 1.807) is 18.2 Å². The van der Waals surface area contributed by atoms with Crippen LogP contribution in [0.2, 0.25) is 0 Å². The fourth-order valence-electron chi connectivity index (χ4n) is 4.87. The highest BCUT2D eigenvalue weighted by Crippen LogP contribution is 2.62. The van der Waals surface area contributed by atoms with Crippen molar-refractivity contribution in [3.05, 3.63) is 59.5 Å². The van der Waals surface area contributed by atoms with Crippen LogP contribution in [0.1, 0.15) is 19.4 Å². The van der Waals surface area contributed by atoms with Crippen molar-refractivity contribution in [3.8, 4) is 5.75 Å². The highest BCUT2D eigenvalue weighted by atomic mass is 19.3. The number of allylic oxidation sites excluding steroid dienone is 5. The molecule has 4 aliphatic rings. The molecule has 0 saturated carbocycles. The minimum Gasteiger partial charge on any atom is -0.487 e. The molecule has 1 fully saturated rings. The van der Waals surface area contributed by atoms with Crippen molar-refractivity contribution in [2.45, 2.75) is 31.6 Å². The Morgan fingerprint density at radius 1 is 1.20 bits per heavy atom. The third-order valence-corrected chi connectivity index (χ3v) is 6.83. The summed E-state index contributed by atoms with van der Waals surface area (Å²) in [6.07, 6.45) is 6.82. The largest absolute Gasteiger partial charge is 0.487 e. The quantitative estimate of drug-likeness (QED) is 0.676. The van der Waals surface area contributed by atoms with Crippen LogP contribution in [0.3, 0.4) is 0 Å². The lowest BCUT2D eigenvalue weighted by Crippen LogP contribution is -2.71. The van der Waals surface area contributed by atoms with Crippen molar-refractivity contribution in [1.82, 2.24) is 0 Å². The number of rotatable bonds is 4. The number of fused-ring (bicyclic) bond motifs is 3. The van der Waals surface area contributed by atoms with E-state index in [4.69, 9.17) is 24.9 Å². The molecule has 1 unspecified atom stereocenters. The van der Waals surface area contributed by atoms with Crippen molar-refractivity contribution in [2.24, 2.45) is 21.1 Å². The van der Waals surface area contributed by atoms with Gasteiger partial charge in [0, 0.05) is 11.3 Å². The number of amidine groups is 1. The average Bonchev–Trinajstić information content (AvgIpc) is 3.11. The first-order valence-corrected chi connectivity index (χ1v) is 10.9. The summed E-state index contributed by atoms with van der Waals surface area (Å²) in [4.78, 5) is 21.7. The number of nitrogens with zero attached hydrogens (tertiary/aromatic N) is 2. The molecule has 0 aromatic heterocycles. The molecule has 0 aliphatic carbocycles. The molecule has 1 saturated heterocycles. The van der Waals surface area contributed by atoms with Crippen LogP contribution in [0, 0.1) is 5.41 Å². The van der Waals surface area contributed by atoms with Crippen LogP contribution in [0.25, 0.3) is 0 Å². The highest BCUT2D eigenvalue weighted by molar-refractivity contribution is 6.05. The Bertz CT molecular complexity index is 1220. The van der Waals surface area contributed by atoms with E-state index < -0.39 is 29.1 Å². The second-order valence-corrected chi connectivity index (χ2v) is 9.09. The molecule has 1 amide bonds. The van der Waals surface area contributed by atoms with E-state index in [1.165, 1.54) is 24.3 Å². The Hall–Kier alpha value is -3.73. The van der Waals surface area contributed by atoms with E-state index in [1.807, 2.05) is 13.8 Å². The minimum absolute atomic E-state index is 0.00450. The average molecular weight is 486 g/mol. The Kier molecular flexibility index (Phi) is 5.39. The summed E-state index contributed by atoms with van der Waals surface area (Å²) in [6.45, 7) is 2.04. The fraction of sp³-hybridized carbons (Fsp3) is 0.375. The molecular weight excluding hydrogens is 462 g/mol. The van der Waals surface area contributed by atoms with Crippen molar-refractivity contribution >= 4 is 23.8 Å². The molecule has 0 bridgehead atoms. The Morgan fingerprint density at radius 3 is 2.63 bits per heavy atom. The molecule has 3 N–H and O–H groups in total. The normalized spacial score (nSPS) is 30.1. The van der Waals surface area contributed by atoms with E-state index in [9.17, 15) is 13.6 Å². The maximum atomic E-state index is 12.9. The number of anilines is 1. The first-order chi connectivity index (χ1) is 16.7. The number of amides is 1. The van der Waals surface area contributed by atoms with E-state index in [0.29, 0.717) is 24.7 Å². The molecule has 35 heavy (non-hydrogen) atoms. The van der Waals surface area contributed by atoms with E-state index in [-0.39, 0.29) is 24.1 Å². The first kappa shape index (κ1) is 23.0. The van der Waals surface area contributed by atoms with Crippen LogP contribution in [0.5, 0.6) is 5.75 Å². The Labute approximate surface area is 200 Å². The molecule has 1 aromatic rings. The topological polar surface area (TPSA) is 117 Å². The monoisotopic (exact) mass is 486 g/mol. The zero-order chi connectivity index (χ0) is 24.8. The lowest BCUT2D eigenvalue weighted by atomic mass is 9.55. The van der Waals surface area contributed by atoms with Gasteiger partial charge in [0.15, 0.2) is 0 Å². The molecule has 4 aliphatic heterocycles. The van der Waals surface area contributed by atoms with Gasteiger partial charge in [0.2, 0.25) is 0 Å². The summed E-state index contributed by atoms with van der Waals surface area (Å²) in [5.74, 6) is -0.102. The number of nitrogens with two attached hydrogens (primary N) is 1. The van der Waals surface area contributed by atoms with Crippen LogP contribution in [-0.4, -0.2) is 50.2 Å². The summed E-state index contributed by atoms with van der Waals surface area (Å²) in [7, 11) is 0. The maximum Gasteiger partial charge on any atom is 0.387 e. The second kappa shape index (κ2) is 8.19. The van der Waals surface area contributed by atoms with Crippen molar-refractivity contribution < 1.29 is 32.5 Å². The second-order valence-electron chi connectivity index (χ2n) is 9.09. The van der Waals surface area contributed by atoms with Gasteiger partial charge >= 0.3 is 6.61 Å². The van der Waals surface area contributed by atoms with Gasteiger partial charge in [-0.1, -0.05) is 12.2 Å². The van der Waals surface area contributed by atoms with Crippen molar-refractivity contribution in [1.29, 1.82) is 0 Å². The molecule has 0 radical (unpaired) electrons. The van der Waals surface area contributed by atoms with Gasteiger partial charge in [-0.05, 0) is 44.2 Å². The number of carbonyl (C=O) groups is 1. The molecule has 4 heterocycles. The van der Waals surface area contributed by atoms with Crippen LogP contribution in [0.15, 0.2) is 63.9 Å². The predicted octanol–water partition coefficient (Wildman–Crippen LogP) is 3.00. The zero-order valence-corrected chi connectivity index (χ0v) is 19.1. The van der Waals surface area contributed by atoms with E-state index in [2.05, 4.69) is 15.0 Å². The fourth-order valence-corrected chi connectivity index (χ4v) is 4.87. The highest BCUT2D eigenvalue weighted by Gasteiger charge is 2.71. The van der Waals surface area contributed by atoms with Crippen molar-refractivity contribution in [2.75, 3.05) is 25.1 Å². The summed E-state index contributed by atoms with van der Waals surface area (Å²) in [5, 5.41) is 2.80. The SMILES string of the molecule is CC1(C)Oc2ccc(NC(=O)C3=C/C=C/C=C(OC(F)F)/C=N\3)cc2C2(COC(N)=N2)C12COC2. The summed E-state index contributed by atoms with van der Waals surface area (Å²) in [5.41, 5.74) is 5.18. The third kappa shape index (κ3) is 3.66. The van der Waals surface area contributed by atoms with E-state index in [0.717, 1.165) is 11.8 Å². The lowest BCUT2D eigenvalue weighted by Gasteiger charge is -2.61. The predicted molar refractivity (Wildman–Crippen MR) is 123 cm³/mol. The number of benzene rings is 1. The van der Waals surface area contributed by atoms with Gasteiger partial charge in [-0.2, -0.15) is 8.78 Å². The smallest absolute Gasteiger partial charge is 0.387 e. The molecule has 5 rings (SSSR count). The molecule has 2 spiro atoms. The molecule has 9 nitrogen and oxygen atoms in total. The van der Waals surface area contributed by atoms with Crippen LogP contribution < -0.4 is 15.8 Å². The van der Waals surface area contributed by atoms with Gasteiger partial charge in [-0.25, -0.2) is 9.98 Å². The Balaban J connectivity index is 1.45. The molecule has 1 atom stereocenters. The Morgan fingerprint density at radius 2 is 1.97 bits per heavy atom. The van der Waals surface area contributed by atoms with Gasteiger partial charge in [0.25, 0.3) is 11.9 Å². The van der Waals surface area contributed by atoms with E-state index >= 15 is 0 Å². The summed E-state index contributed by atoms with van der Waals surface area (Å²) < 4.78 is 47.0. The maximum absolute atomic E-state index is 12.9. The number of nitrogens with one attached hydrogen (secondary N) is 1. The number of ether oxygens (including phenoxy) is 4. The number of carbonyl (C=O) groups excluding carboxylic acids is 1.